The minimum atomic E-state index is -2.34. The number of thiophene rings is 1. The van der Waals surface area contributed by atoms with Gasteiger partial charge in [0.05, 0.1) is 5.69 Å². The number of benzene rings is 7. The molecular weight excluding hydrogens is 840 g/mol. The van der Waals surface area contributed by atoms with E-state index in [9.17, 15) is 4.11 Å². The van der Waals surface area contributed by atoms with Crippen LogP contribution in [0.3, 0.4) is 0 Å². The molecule has 68 heavy (non-hydrogen) atoms. The summed E-state index contributed by atoms with van der Waals surface area (Å²) in [5, 5.41) is 3.66. The van der Waals surface area contributed by atoms with Crippen LogP contribution in [-0.2, 0) is 16.2 Å². The highest BCUT2D eigenvalue weighted by atomic mass is 32.1. The molecule has 1 aromatic heterocycles. The van der Waals surface area contributed by atoms with Crippen LogP contribution in [0.25, 0.3) is 32.0 Å². The Labute approximate surface area is 411 Å². The molecule has 3 atom stereocenters. The van der Waals surface area contributed by atoms with Crippen molar-refractivity contribution in [3.05, 3.63) is 161 Å². The van der Waals surface area contributed by atoms with Crippen molar-refractivity contribution in [1.29, 1.82) is 0 Å². The first-order chi connectivity index (χ1) is 34.3. The van der Waals surface area contributed by atoms with Crippen molar-refractivity contribution >= 4 is 88.7 Å². The SMILES string of the molecule is [2H]C([2H])([2H])c1cc2c3c(c1)N(c1ccc4c(c1)C1(CC5CCC1C5)c1ccccc1-4)c1c(sc4cc5c(cc14)C(C)(C)CCC5(C)C)B3c1cc(C3CCCCC3)ccc1N2c1ccc2ccccc2c1. The van der Waals surface area contributed by atoms with Crippen LogP contribution in [0.2, 0.25) is 0 Å². The van der Waals surface area contributed by atoms with E-state index in [1.807, 2.05) is 17.4 Å². The van der Waals surface area contributed by atoms with E-state index in [2.05, 4.69) is 159 Å². The third-order valence-electron chi connectivity index (χ3n) is 19.0. The number of rotatable bonds is 3. The highest BCUT2D eigenvalue weighted by Gasteiger charge is 2.57. The molecule has 5 aliphatic carbocycles. The Hall–Kier alpha value is -5.58. The fraction of sp³-hybridized carbons (Fsp3) is 0.344. The van der Waals surface area contributed by atoms with Crippen molar-refractivity contribution < 1.29 is 4.11 Å². The van der Waals surface area contributed by atoms with Crippen molar-refractivity contribution in [1.82, 2.24) is 0 Å². The summed E-state index contributed by atoms with van der Waals surface area (Å²) in [6.07, 6.45) is 13.8. The summed E-state index contributed by atoms with van der Waals surface area (Å²) in [4.78, 5) is 5.01. The Balaban J connectivity index is 1.06. The van der Waals surface area contributed by atoms with E-state index in [1.54, 1.807) is 0 Å². The van der Waals surface area contributed by atoms with Crippen LogP contribution >= 0.6 is 11.3 Å². The molecule has 0 N–H and O–H groups in total. The summed E-state index contributed by atoms with van der Waals surface area (Å²) in [7, 11) is 0. The summed E-state index contributed by atoms with van der Waals surface area (Å²) >= 11 is 2.00. The highest BCUT2D eigenvalue weighted by Crippen LogP contribution is 2.66. The van der Waals surface area contributed by atoms with E-state index in [4.69, 9.17) is 0 Å². The van der Waals surface area contributed by atoms with Crippen LogP contribution in [0.1, 0.15) is 142 Å². The molecule has 3 fully saturated rings. The summed E-state index contributed by atoms with van der Waals surface area (Å²) in [5.74, 6) is 1.92. The number of anilines is 6. The van der Waals surface area contributed by atoms with Gasteiger partial charge in [-0.05, 0) is 201 Å². The van der Waals surface area contributed by atoms with Gasteiger partial charge < -0.3 is 9.80 Å². The molecule has 2 aliphatic heterocycles. The molecule has 7 aliphatic rings. The van der Waals surface area contributed by atoms with E-state index in [0.717, 1.165) is 47.2 Å². The Morgan fingerprint density at radius 3 is 2.15 bits per heavy atom. The van der Waals surface area contributed by atoms with Gasteiger partial charge >= 0.3 is 0 Å². The molecule has 2 nitrogen and oxygen atoms in total. The molecule has 1 spiro atoms. The normalized spacial score (nSPS) is 24.3. The molecule has 3 saturated carbocycles. The number of aryl methyl sites for hydroxylation is 1. The molecule has 15 rings (SSSR count). The maximum absolute atomic E-state index is 9.23. The van der Waals surface area contributed by atoms with Gasteiger partial charge in [-0.2, -0.15) is 0 Å². The Kier molecular flexibility index (Phi) is 7.70. The molecule has 4 heteroatoms. The van der Waals surface area contributed by atoms with E-state index in [0.29, 0.717) is 17.4 Å². The third kappa shape index (κ3) is 5.42. The standard InChI is InChI=1S/C64H61BN2S/c1-38-29-56-59-57(30-38)67(46-24-25-48-47-17-11-12-18-50(47)64(51(48)34-46)37-39-19-22-44(64)31-39)60-49-35-52-53(63(4,5)28-27-62(52,2)3)36-58(49)68-61(60)65(59)54-33-43(40-13-7-6-8-14-40)21-26-55(54)66(56)45-23-20-41-15-9-10-16-42(41)32-45/h9-12,15-18,20-21,23-26,29-30,32-36,39-40,44H,6-8,13-14,19,22,27-28,31,37H2,1-5H3/i1D3. The monoisotopic (exact) mass is 903 g/mol. The fourth-order valence-electron chi connectivity index (χ4n) is 15.6. The van der Waals surface area contributed by atoms with Gasteiger partial charge in [-0.15, -0.1) is 11.3 Å². The van der Waals surface area contributed by atoms with Crippen molar-refractivity contribution in [2.45, 2.75) is 127 Å². The largest absolute Gasteiger partial charge is 0.311 e. The van der Waals surface area contributed by atoms with Gasteiger partial charge in [-0.1, -0.05) is 126 Å². The second-order valence-corrected chi connectivity index (χ2v) is 24.6. The van der Waals surface area contributed by atoms with Gasteiger partial charge in [-0.25, -0.2) is 0 Å². The fourth-order valence-corrected chi connectivity index (χ4v) is 17.0. The molecule has 0 saturated heterocycles. The lowest BCUT2D eigenvalue weighted by atomic mass is 9.36. The average Bonchev–Trinajstić information content (AvgIpc) is 4.16. The minimum absolute atomic E-state index is 0.00128. The maximum atomic E-state index is 9.23. The quantitative estimate of drug-likeness (QED) is 0.163. The van der Waals surface area contributed by atoms with Crippen molar-refractivity contribution in [3.63, 3.8) is 0 Å². The lowest BCUT2D eigenvalue weighted by Crippen LogP contribution is -2.60. The molecule has 0 amide bonds. The highest BCUT2D eigenvalue weighted by molar-refractivity contribution is 7.33. The molecule has 336 valence electrons. The van der Waals surface area contributed by atoms with Crippen LogP contribution in [0.4, 0.5) is 34.1 Å². The van der Waals surface area contributed by atoms with Gasteiger partial charge in [0.2, 0.25) is 0 Å². The zero-order valence-corrected chi connectivity index (χ0v) is 40.8. The third-order valence-corrected chi connectivity index (χ3v) is 20.2. The van der Waals surface area contributed by atoms with Crippen molar-refractivity contribution in [2.24, 2.45) is 11.8 Å². The summed E-state index contributed by atoms with van der Waals surface area (Å²) in [5.41, 5.74) is 19.7. The second kappa shape index (κ2) is 14.0. The molecule has 3 unspecified atom stereocenters. The number of nitrogens with zero attached hydrogens (tertiary/aromatic N) is 2. The van der Waals surface area contributed by atoms with Crippen LogP contribution < -0.4 is 25.5 Å². The van der Waals surface area contributed by atoms with Gasteiger partial charge in [0, 0.05) is 52.8 Å². The second-order valence-electron chi connectivity index (χ2n) is 23.5. The topological polar surface area (TPSA) is 6.48 Å². The van der Waals surface area contributed by atoms with Gasteiger partial charge in [0.1, 0.15) is 0 Å². The van der Waals surface area contributed by atoms with Gasteiger partial charge in [0.15, 0.2) is 0 Å². The van der Waals surface area contributed by atoms with Crippen molar-refractivity contribution in [2.75, 3.05) is 9.80 Å². The van der Waals surface area contributed by atoms with Crippen LogP contribution in [-0.4, -0.2) is 6.71 Å². The number of fused-ring (bicyclic) bond motifs is 16. The molecule has 0 radical (unpaired) electrons. The Bertz CT molecular complexity index is 3600. The Morgan fingerprint density at radius 1 is 0.618 bits per heavy atom. The summed E-state index contributed by atoms with van der Waals surface area (Å²) < 4.78 is 30.4. The van der Waals surface area contributed by atoms with Crippen LogP contribution in [0.5, 0.6) is 0 Å². The first-order valence-electron chi connectivity index (χ1n) is 27.5. The zero-order valence-electron chi connectivity index (χ0n) is 43.0. The molecular formula is C64H61BN2S. The first kappa shape index (κ1) is 37.3. The summed E-state index contributed by atoms with van der Waals surface area (Å²) in [6, 6.07) is 48.8. The molecule has 8 aromatic rings. The smallest absolute Gasteiger partial charge is 0.264 e. The predicted molar refractivity (Wildman–Crippen MR) is 291 cm³/mol. The van der Waals surface area contributed by atoms with E-state index >= 15 is 0 Å². The summed E-state index contributed by atoms with van der Waals surface area (Å²) in [6.45, 7) is 7.37. The minimum Gasteiger partial charge on any atom is -0.311 e. The van der Waals surface area contributed by atoms with Crippen LogP contribution in [0, 0.1) is 18.7 Å². The molecule has 2 bridgehead atoms. The van der Waals surface area contributed by atoms with E-state index in [1.165, 1.54) is 139 Å². The number of hydrogen-bond donors (Lipinski definition) is 0. The molecule has 3 heterocycles. The maximum Gasteiger partial charge on any atom is 0.264 e. The van der Waals surface area contributed by atoms with Gasteiger partial charge in [0.25, 0.3) is 6.71 Å². The van der Waals surface area contributed by atoms with Crippen LogP contribution in [0.15, 0.2) is 127 Å². The lowest BCUT2D eigenvalue weighted by Gasteiger charge is -2.44. The predicted octanol–water partition coefficient (Wildman–Crippen LogP) is 15.9. The zero-order chi connectivity index (χ0) is 47.9. The van der Waals surface area contributed by atoms with E-state index < -0.39 is 6.85 Å². The first-order valence-corrected chi connectivity index (χ1v) is 26.9. The lowest BCUT2D eigenvalue weighted by molar-refractivity contribution is 0.327. The van der Waals surface area contributed by atoms with Gasteiger partial charge in [-0.3, -0.25) is 0 Å². The van der Waals surface area contributed by atoms with E-state index in [-0.39, 0.29) is 23.0 Å². The number of hydrogen-bond acceptors (Lipinski definition) is 3. The van der Waals surface area contributed by atoms with Crippen molar-refractivity contribution in [3.8, 4) is 11.1 Å². The molecule has 7 aromatic carbocycles. The Morgan fingerprint density at radius 2 is 1.35 bits per heavy atom. The average molecular weight is 904 g/mol.